The van der Waals surface area contributed by atoms with Gasteiger partial charge in [0, 0.05) is 12.8 Å². The lowest BCUT2D eigenvalue weighted by Crippen LogP contribution is -2.20. The van der Waals surface area contributed by atoms with Crippen LogP contribution in [-0.4, -0.2) is 5.78 Å². The number of alkyl halides is 3. The van der Waals surface area contributed by atoms with E-state index in [4.69, 9.17) is 4.42 Å². The Labute approximate surface area is 117 Å². The quantitative estimate of drug-likeness (QED) is 0.733. The number of benzene rings is 1. The summed E-state index contributed by atoms with van der Waals surface area (Å²) in [4.78, 5) is 12.0. The number of fused-ring (bicyclic) bond motifs is 1. The highest BCUT2D eigenvalue weighted by molar-refractivity contribution is 6.00. The summed E-state index contributed by atoms with van der Waals surface area (Å²) in [6, 6.07) is 5.59. The van der Waals surface area contributed by atoms with E-state index in [0.29, 0.717) is 11.8 Å². The van der Waals surface area contributed by atoms with Crippen molar-refractivity contribution < 1.29 is 26.8 Å². The van der Waals surface area contributed by atoms with Crippen LogP contribution in [0.25, 0.3) is 0 Å². The van der Waals surface area contributed by atoms with Gasteiger partial charge in [-0.3, -0.25) is 4.79 Å². The van der Waals surface area contributed by atoms with Crippen molar-refractivity contribution in [2.24, 2.45) is 0 Å². The number of hydrogen-bond donors (Lipinski definition) is 0. The predicted molar refractivity (Wildman–Crippen MR) is 65.5 cm³/mol. The van der Waals surface area contributed by atoms with Crippen LogP contribution in [0.15, 0.2) is 34.9 Å². The summed E-state index contributed by atoms with van der Waals surface area (Å²) in [6.45, 7) is 0. The molecular formula is C15H10F4O2. The van der Waals surface area contributed by atoms with Gasteiger partial charge in [-0.05, 0) is 23.6 Å². The van der Waals surface area contributed by atoms with Gasteiger partial charge >= 0.3 is 6.18 Å². The van der Waals surface area contributed by atoms with Gasteiger partial charge < -0.3 is 4.42 Å². The third-order valence-electron chi connectivity index (χ3n) is 3.66. The fraction of sp³-hybridized carbons (Fsp3) is 0.267. The molecule has 0 radical (unpaired) electrons. The average Bonchev–Trinajstić information content (AvgIpc) is 2.83. The third-order valence-corrected chi connectivity index (χ3v) is 3.66. The van der Waals surface area contributed by atoms with Crippen LogP contribution < -0.4 is 0 Å². The molecule has 0 aliphatic heterocycles. The molecule has 1 aliphatic rings. The van der Waals surface area contributed by atoms with Crippen molar-refractivity contribution in [3.05, 3.63) is 58.8 Å². The van der Waals surface area contributed by atoms with Gasteiger partial charge in [-0.1, -0.05) is 12.1 Å². The second-order valence-electron chi connectivity index (χ2n) is 5.03. The molecule has 1 heterocycles. The Kier molecular flexibility index (Phi) is 3.11. The molecule has 110 valence electrons. The molecule has 6 heteroatoms. The molecule has 0 amide bonds. The van der Waals surface area contributed by atoms with Gasteiger partial charge in [0.1, 0.15) is 23.4 Å². The van der Waals surface area contributed by atoms with E-state index in [2.05, 4.69) is 0 Å². The van der Waals surface area contributed by atoms with Crippen LogP contribution in [0, 0.1) is 5.82 Å². The van der Waals surface area contributed by atoms with Crippen molar-refractivity contribution >= 4 is 5.78 Å². The SMILES string of the molecule is O=C1CC(c2ccc(F)cc2)Cc2occ(C(F)(F)F)c21. The number of Topliss-reactive ketones (excluding diaryl/α,β-unsaturated/α-hetero) is 1. The van der Waals surface area contributed by atoms with Crippen LogP contribution in [0.3, 0.4) is 0 Å². The molecule has 1 atom stereocenters. The molecule has 2 aromatic rings. The van der Waals surface area contributed by atoms with E-state index < -0.39 is 23.3 Å². The summed E-state index contributed by atoms with van der Waals surface area (Å²) in [6.07, 6.45) is -3.85. The Morgan fingerprint density at radius 3 is 2.38 bits per heavy atom. The number of ketones is 1. The van der Waals surface area contributed by atoms with Gasteiger partial charge in [-0.2, -0.15) is 13.2 Å². The van der Waals surface area contributed by atoms with E-state index in [-0.39, 0.29) is 30.1 Å². The maximum Gasteiger partial charge on any atom is 0.420 e. The molecule has 0 saturated heterocycles. The van der Waals surface area contributed by atoms with E-state index in [1.54, 1.807) is 0 Å². The molecule has 2 nitrogen and oxygen atoms in total. The maximum absolute atomic E-state index is 12.9. The lowest BCUT2D eigenvalue weighted by molar-refractivity contribution is -0.138. The van der Waals surface area contributed by atoms with Crippen molar-refractivity contribution in [1.82, 2.24) is 0 Å². The van der Waals surface area contributed by atoms with Crippen LogP contribution in [0.5, 0.6) is 0 Å². The lowest BCUT2D eigenvalue weighted by atomic mass is 9.81. The summed E-state index contributed by atoms with van der Waals surface area (Å²) in [5, 5.41) is 0. The molecule has 1 aliphatic carbocycles. The Morgan fingerprint density at radius 2 is 1.76 bits per heavy atom. The van der Waals surface area contributed by atoms with Gasteiger partial charge in [-0.25, -0.2) is 4.39 Å². The second kappa shape index (κ2) is 4.72. The monoisotopic (exact) mass is 298 g/mol. The predicted octanol–water partition coefficient (Wildman–Crippen LogP) is 4.35. The van der Waals surface area contributed by atoms with Gasteiger partial charge in [0.15, 0.2) is 5.78 Å². The summed E-state index contributed by atoms with van der Waals surface area (Å²) in [5.74, 6) is -1.24. The van der Waals surface area contributed by atoms with Gasteiger partial charge in [-0.15, -0.1) is 0 Å². The smallest absolute Gasteiger partial charge is 0.420 e. The number of rotatable bonds is 1. The van der Waals surface area contributed by atoms with Gasteiger partial charge in [0.05, 0.1) is 5.56 Å². The fourth-order valence-corrected chi connectivity index (χ4v) is 2.66. The zero-order chi connectivity index (χ0) is 15.2. The van der Waals surface area contributed by atoms with E-state index in [1.165, 1.54) is 24.3 Å². The summed E-state index contributed by atoms with van der Waals surface area (Å²) in [5.41, 5.74) is -0.665. The Balaban J connectivity index is 1.95. The van der Waals surface area contributed by atoms with Crippen LogP contribution in [0.1, 0.15) is 39.6 Å². The number of halogens is 4. The summed E-state index contributed by atoms with van der Waals surface area (Å²) >= 11 is 0. The highest BCUT2D eigenvalue weighted by atomic mass is 19.4. The van der Waals surface area contributed by atoms with Gasteiger partial charge in [0.25, 0.3) is 0 Å². The molecule has 0 saturated carbocycles. The minimum Gasteiger partial charge on any atom is -0.468 e. The number of carbonyl (C=O) groups is 1. The molecule has 1 aromatic carbocycles. The maximum atomic E-state index is 12.9. The first-order valence-corrected chi connectivity index (χ1v) is 6.32. The standard InChI is InChI=1S/C15H10F4O2/c16-10-3-1-8(2-4-10)9-5-12(20)14-11(15(17,18)19)7-21-13(14)6-9/h1-4,7,9H,5-6H2. The minimum atomic E-state index is -4.60. The third kappa shape index (κ3) is 2.46. The van der Waals surface area contributed by atoms with Crippen molar-refractivity contribution in [3.8, 4) is 0 Å². The summed E-state index contributed by atoms with van der Waals surface area (Å²) in [7, 11) is 0. The molecule has 1 unspecified atom stereocenters. The van der Waals surface area contributed by atoms with Crippen molar-refractivity contribution in [3.63, 3.8) is 0 Å². The highest BCUT2D eigenvalue weighted by Gasteiger charge is 2.41. The zero-order valence-electron chi connectivity index (χ0n) is 10.7. The van der Waals surface area contributed by atoms with Gasteiger partial charge in [0.2, 0.25) is 0 Å². The average molecular weight is 298 g/mol. The normalized spacial score (nSPS) is 18.7. The Morgan fingerprint density at radius 1 is 1.10 bits per heavy atom. The second-order valence-corrected chi connectivity index (χ2v) is 5.03. The minimum absolute atomic E-state index is 0.0404. The first-order valence-electron chi connectivity index (χ1n) is 6.32. The number of carbonyl (C=O) groups excluding carboxylic acids is 1. The number of furan rings is 1. The van der Waals surface area contributed by atoms with Crippen LogP contribution in [0.2, 0.25) is 0 Å². The zero-order valence-corrected chi connectivity index (χ0v) is 10.7. The van der Waals surface area contributed by atoms with E-state index in [9.17, 15) is 22.4 Å². The van der Waals surface area contributed by atoms with Crippen LogP contribution >= 0.6 is 0 Å². The van der Waals surface area contributed by atoms with Crippen molar-refractivity contribution in [2.75, 3.05) is 0 Å². The number of hydrogen-bond acceptors (Lipinski definition) is 2. The summed E-state index contributed by atoms with van der Waals surface area (Å²) < 4.78 is 56.2. The topological polar surface area (TPSA) is 30.2 Å². The highest BCUT2D eigenvalue weighted by Crippen LogP contribution is 2.41. The molecule has 3 rings (SSSR count). The molecule has 0 fully saturated rings. The van der Waals surface area contributed by atoms with Crippen LogP contribution in [0.4, 0.5) is 17.6 Å². The molecule has 0 N–H and O–H groups in total. The van der Waals surface area contributed by atoms with Crippen molar-refractivity contribution in [1.29, 1.82) is 0 Å². The van der Waals surface area contributed by atoms with E-state index >= 15 is 0 Å². The van der Waals surface area contributed by atoms with E-state index in [1.807, 2.05) is 0 Å². The molecule has 0 spiro atoms. The van der Waals surface area contributed by atoms with Crippen molar-refractivity contribution in [2.45, 2.75) is 24.9 Å². The molecule has 1 aromatic heterocycles. The first kappa shape index (κ1) is 13.9. The Hall–Kier alpha value is -2.11. The lowest BCUT2D eigenvalue weighted by Gasteiger charge is -2.21. The largest absolute Gasteiger partial charge is 0.468 e. The van der Waals surface area contributed by atoms with E-state index in [0.717, 1.165) is 0 Å². The van der Waals surface area contributed by atoms with Crippen LogP contribution in [-0.2, 0) is 12.6 Å². The molecule has 0 bridgehead atoms. The fourth-order valence-electron chi connectivity index (χ4n) is 2.66. The first-order chi connectivity index (χ1) is 9.86. The molecular weight excluding hydrogens is 288 g/mol. The molecule has 21 heavy (non-hydrogen) atoms. The Bertz CT molecular complexity index is 683.